The van der Waals surface area contributed by atoms with Crippen molar-refractivity contribution in [1.82, 2.24) is 0 Å². The van der Waals surface area contributed by atoms with Crippen molar-refractivity contribution >= 4 is 17.3 Å². The van der Waals surface area contributed by atoms with Crippen LogP contribution >= 0.6 is 0 Å². The average Bonchev–Trinajstić information content (AvgIpc) is 2.96. The average molecular weight is 357 g/mol. The van der Waals surface area contributed by atoms with Crippen molar-refractivity contribution in [3.63, 3.8) is 0 Å². The second-order valence-electron chi connectivity index (χ2n) is 7.61. The highest BCUT2D eigenvalue weighted by Gasteiger charge is 2.15. The highest BCUT2D eigenvalue weighted by atomic mass is 16.1. The number of nitrogens with one attached hydrogen (secondary N) is 1. The number of benzene rings is 1. The molecule has 4 nitrogen and oxygen atoms in total. The van der Waals surface area contributed by atoms with Crippen molar-refractivity contribution in [2.24, 2.45) is 0 Å². The third-order valence-corrected chi connectivity index (χ3v) is 5.51. The Morgan fingerprint density at radius 1 is 1.04 bits per heavy atom. The zero-order valence-corrected chi connectivity index (χ0v) is 16.0. The quantitative estimate of drug-likeness (QED) is 0.581. The lowest BCUT2D eigenvalue weighted by Gasteiger charge is -2.25. The van der Waals surface area contributed by atoms with Crippen LogP contribution in [0, 0.1) is 0 Å². The smallest absolute Gasteiger partial charge is 0.279 e. The van der Waals surface area contributed by atoms with Gasteiger partial charge >= 0.3 is 0 Å². The summed E-state index contributed by atoms with van der Waals surface area (Å²) in [6.45, 7) is 3.69. The van der Waals surface area contributed by atoms with Crippen LogP contribution in [0.2, 0.25) is 0 Å². The molecular formula is C22H34N3O+. The standard InChI is InChI=1S/C22H33N3O/c26-22(18-23-15-14-19-10-4-3-5-11-19)24-20-12-6-7-13-21(20)25-16-8-1-2-9-17-25/h6-7,10,12-13,23H,1-5,8-9,11,14-18H2,(H,24,26)/p+1. The van der Waals surface area contributed by atoms with Crippen molar-refractivity contribution in [1.29, 1.82) is 0 Å². The second kappa shape index (κ2) is 10.4. The van der Waals surface area contributed by atoms with Gasteiger partial charge in [-0.2, -0.15) is 0 Å². The van der Waals surface area contributed by atoms with E-state index in [1.54, 1.807) is 5.57 Å². The van der Waals surface area contributed by atoms with Crippen molar-refractivity contribution in [3.05, 3.63) is 35.9 Å². The number of hydrogen-bond acceptors (Lipinski definition) is 2. The zero-order valence-electron chi connectivity index (χ0n) is 16.0. The maximum absolute atomic E-state index is 12.4. The number of anilines is 2. The van der Waals surface area contributed by atoms with Gasteiger partial charge in [0.25, 0.3) is 5.91 Å². The molecule has 3 N–H and O–H groups in total. The number of quaternary nitrogens is 1. The molecule has 0 saturated carbocycles. The third-order valence-electron chi connectivity index (χ3n) is 5.51. The fourth-order valence-corrected chi connectivity index (χ4v) is 4.02. The SMILES string of the molecule is O=C(C[NH2+]CCC1=CCCCC1)Nc1ccccc1N1CCCCCC1. The normalized spacial score (nSPS) is 18.2. The first kappa shape index (κ1) is 19.0. The molecule has 1 aliphatic heterocycles. The van der Waals surface area contributed by atoms with Gasteiger partial charge in [-0.15, -0.1) is 0 Å². The van der Waals surface area contributed by atoms with Crippen LogP contribution in [0.3, 0.4) is 0 Å². The number of allylic oxidation sites excluding steroid dienone is 1. The van der Waals surface area contributed by atoms with Crippen LogP contribution in [-0.4, -0.2) is 32.1 Å². The van der Waals surface area contributed by atoms with Gasteiger partial charge in [-0.25, -0.2) is 0 Å². The van der Waals surface area contributed by atoms with Crippen LogP contribution in [0.4, 0.5) is 11.4 Å². The Morgan fingerprint density at radius 3 is 2.62 bits per heavy atom. The highest BCUT2D eigenvalue weighted by Crippen LogP contribution is 2.27. The summed E-state index contributed by atoms with van der Waals surface area (Å²) in [6.07, 6.45) is 13.8. The van der Waals surface area contributed by atoms with E-state index >= 15 is 0 Å². The monoisotopic (exact) mass is 356 g/mol. The number of nitrogens with zero attached hydrogens (tertiary/aromatic N) is 1. The molecule has 0 radical (unpaired) electrons. The predicted octanol–water partition coefficient (Wildman–Crippen LogP) is 3.46. The number of para-hydroxylation sites is 2. The highest BCUT2D eigenvalue weighted by molar-refractivity contribution is 5.94. The van der Waals surface area contributed by atoms with E-state index in [0.29, 0.717) is 6.54 Å². The summed E-state index contributed by atoms with van der Waals surface area (Å²) in [5.74, 6) is 0.102. The molecular weight excluding hydrogens is 322 g/mol. The third kappa shape index (κ3) is 5.87. The number of rotatable bonds is 7. The molecule has 3 rings (SSSR count). The van der Waals surface area contributed by atoms with E-state index in [2.05, 4.69) is 33.7 Å². The second-order valence-corrected chi connectivity index (χ2v) is 7.61. The maximum Gasteiger partial charge on any atom is 0.279 e. The summed E-state index contributed by atoms with van der Waals surface area (Å²) in [7, 11) is 0. The van der Waals surface area contributed by atoms with Gasteiger partial charge in [-0.05, 0) is 50.7 Å². The molecule has 1 aliphatic carbocycles. The molecule has 4 heteroatoms. The Hall–Kier alpha value is -1.81. The maximum atomic E-state index is 12.4. The Morgan fingerprint density at radius 2 is 1.85 bits per heavy atom. The predicted molar refractivity (Wildman–Crippen MR) is 109 cm³/mol. The molecule has 0 spiro atoms. The summed E-state index contributed by atoms with van der Waals surface area (Å²) in [5, 5.41) is 5.28. The molecule has 1 amide bonds. The molecule has 1 aromatic rings. The van der Waals surface area contributed by atoms with Crippen molar-refractivity contribution in [3.8, 4) is 0 Å². The molecule has 1 aromatic carbocycles. The van der Waals surface area contributed by atoms with Crippen LogP contribution < -0.4 is 15.5 Å². The lowest BCUT2D eigenvalue weighted by Crippen LogP contribution is -2.86. The molecule has 26 heavy (non-hydrogen) atoms. The van der Waals surface area contributed by atoms with Gasteiger partial charge in [0.1, 0.15) is 0 Å². The van der Waals surface area contributed by atoms with Gasteiger partial charge in [-0.3, -0.25) is 4.79 Å². The molecule has 1 saturated heterocycles. The summed E-state index contributed by atoms with van der Waals surface area (Å²) in [4.78, 5) is 14.8. The van der Waals surface area contributed by atoms with Gasteiger partial charge < -0.3 is 15.5 Å². The van der Waals surface area contributed by atoms with E-state index in [-0.39, 0.29) is 5.91 Å². The number of nitrogens with two attached hydrogens (primary N) is 1. The van der Waals surface area contributed by atoms with Gasteiger partial charge in [0.05, 0.1) is 17.9 Å². The summed E-state index contributed by atoms with van der Waals surface area (Å²) < 4.78 is 0. The van der Waals surface area contributed by atoms with E-state index in [4.69, 9.17) is 0 Å². The van der Waals surface area contributed by atoms with Crippen molar-refractivity contribution in [2.45, 2.75) is 57.8 Å². The Kier molecular flexibility index (Phi) is 7.56. The molecule has 0 unspecified atom stereocenters. The number of hydrogen-bond donors (Lipinski definition) is 2. The first-order chi connectivity index (χ1) is 12.8. The lowest BCUT2D eigenvalue weighted by atomic mass is 9.97. The Balaban J connectivity index is 1.47. The van der Waals surface area contributed by atoms with Crippen LogP contribution in [0.25, 0.3) is 0 Å². The van der Waals surface area contributed by atoms with E-state index in [0.717, 1.165) is 31.7 Å². The topological polar surface area (TPSA) is 49.0 Å². The van der Waals surface area contributed by atoms with Crippen LogP contribution in [0.5, 0.6) is 0 Å². The lowest BCUT2D eigenvalue weighted by molar-refractivity contribution is -0.643. The van der Waals surface area contributed by atoms with E-state index in [1.165, 1.54) is 57.1 Å². The molecule has 1 fully saturated rings. The molecule has 1 heterocycles. The van der Waals surface area contributed by atoms with Crippen LogP contribution in [-0.2, 0) is 4.79 Å². The number of amides is 1. The molecule has 0 aromatic heterocycles. The van der Waals surface area contributed by atoms with E-state index in [1.807, 2.05) is 12.1 Å². The summed E-state index contributed by atoms with van der Waals surface area (Å²) in [6, 6.07) is 8.25. The fraction of sp³-hybridized carbons (Fsp3) is 0.591. The fourth-order valence-electron chi connectivity index (χ4n) is 4.02. The minimum Gasteiger partial charge on any atom is -0.370 e. The minimum absolute atomic E-state index is 0.102. The Bertz CT molecular complexity index is 603. The van der Waals surface area contributed by atoms with E-state index in [9.17, 15) is 4.79 Å². The van der Waals surface area contributed by atoms with Gasteiger partial charge in [0.15, 0.2) is 6.54 Å². The van der Waals surface area contributed by atoms with Crippen LogP contribution in [0.15, 0.2) is 35.9 Å². The largest absolute Gasteiger partial charge is 0.370 e. The summed E-state index contributed by atoms with van der Waals surface area (Å²) >= 11 is 0. The first-order valence-electron chi connectivity index (χ1n) is 10.5. The molecule has 142 valence electrons. The van der Waals surface area contributed by atoms with Crippen LogP contribution in [0.1, 0.15) is 57.8 Å². The number of carbonyl (C=O) groups is 1. The zero-order chi connectivity index (χ0) is 18.0. The molecule has 2 aliphatic rings. The Labute approximate surface area is 158 Å². The number of carbonyl (C=O) groups excluding carboxylic acids is 1. The van der Waals surface area contributed by atoms with Crippen molar-refractivity contribution < 1.29 is 10.1 Å². The summed E-state index contributed by atoms with van der Waals surface area (Å²) in [5.41, 5.74) is 3.72. The molecule has 0 bridgehead atoms. The van der Waals surface area contributed by atoms with E-state index < -0.39 is 0 Å². The first-order valence-corrected chi connectivity index (χ1v) is 10.5. The van der Waals surface area contributed by atoms with Gasteiger partial charge in [0, 0.05) is 19.5 Å². The van der Waals surface area contributed by atoms with Crippen molar-refractivity contribution in [2.75, 3.05) is 36.4 Å². The minimum atomic E-state index is 0.102. The van der Waals surface area contributed by atoms with Gasteiger partial charge in [0.2, 0.25) is 0 Å². The molecule has 0 atom stereocenters. The van der Waals surface area contributed by atoms with Gasteiger partial charge in [-0.1, -0.05) is 36.6 Å².